The van der Waals surface area contributed by atoms with E-state index in [1.165, 1.54) is 18.9 Å². The van der Waals surface area contributed by atoms with Crippen LogP contribution in [0.1, 0.15) is 31.2 Å². The molecule has 1 aliphatic rings. The van der Waals surface area contributed by atoms with Gasteiger partial charge >= 0.3 is 5.97 Å². The van der Waals surface area contributed by atoms with Gasteiger partial charge < -0.3 is 9.47 Å². The monoisotopic (exact) mass is 528 g/mol. The highest BCUT2D eigenvalue weighted by atomic mass is 127. The second-order valence-electron chi connectivity index (χ2n) is 5.53. The predicted molar refractivity (Wildman–Crippen MR) is 107 cm³/mol. The van der Waals surface area contributed by atoms with Crippen LogP contribution in [0.3, 0.4) is 0 Å². The summed E-state index contributed by atoms with van der Waals surface area (Å²) in [6.07, 6.45) is -0.827. The first-order valence-electron chi connectivity index (χ1n) is 7.64. The Morgan fingerprint density at radius 1 is 1.23 bits per heavy atom. The second-order valence-corrected chi connectivity index (χ2v) is 7.69. The number of hydrogen-bond acceptors (Lipinski definition) is 5. The molecule has 0 saturated carbocycles. The van der Waals surface area contributed by atoms with E-state index in [2.05, 4.69) is 43.6 Å². The van der Waals surface area contributed by atoms with Crippen molar-refractivity contribution in [1.29, 1.82) is 0 Å². The van der Waals surface area contributed by atoms with E-state index in [4.69, 9.17) is 9.47 Å². The van der Waals surface area contributed by atoms with Crippen LogP contribution >= 0.6 is 38.5 Å². The molecule has 134 valence electrons. The van der Waals surface area contributed by atoms with E-state index < -0.39 is 12.2 Å². The van der Waals surface area contributed by atoms with Crippen LogP contribution in [-0.4, -0.2) is 22.8 Å². The Kier molecular flexibility index (Phi) is 5.61. The molecule has 6 nitrogen and oxygen atoms in total. The number of halogens is 2. The van der Waals surface area contributed by atoms with Gasteiger partial charge in [-0.05, 0) is 59.0 Å². The molecule has 1 atom stereocenters. The first-order chi connectivity index (χ1) is 12.3. The number of rotatable bonds is 3. The van der Waals surface area contributed by atoms with Gasteiger partial charge in [-0.1, -0.05) is 22.0 Å². The maximum Gasteiger partial charge on any atom is 0.308 e. The number of nitrogens with zero attached hydrogens (tertiary/aromatic N) is 2. The van der Waals surface area contributed by atoms with Gasteiger partial charge in [-0.15, -0.1) is 5.10 Å². The van der Waals surface area contributed by atoms with Crippen LogP contribution in [0.4, 0.5) is 0 Å². The number of carbonyl (C=O) groups excluding carboxylic acids is 2. The molecule has 0 fully saturated rings. The van der Waals surface area contributed by atoms with E-state index in [1.807, 2.05) is 24.3 Å². The van der Waals surface area contributed by atoms with Crippen LogP contribution < -0.4 is 4.74 Å². The molecule has 0 N–H and O–H groups in total. The number of carbonyl (C=O) groups is 2. The lowest BCUT2D eigenvalue weighted by Crippen LogP contribution is -2.26. The third-order valence-corrected chi connectivity index (χ3v) is 4.69. The molecule has 1 aliphatic heterocycles. The normalized spacial score (nSPS) is 16.1. The third-order valence-electron chi connectivity index (χ3n) is 3.53. The van der Waals surface area contributed by atoms with E-state index in [-0.39, 0.29) is 5.91 Å². The van der Waals surface area contributed by atoms with E-state index in [0.717, 1.165) is 13.6 Å². The summed E-state index contributed by atoms with van der Waals surface area (Å²) in [4.78, 5) is 23.5. The number of hydrogen-bond donors (Lipinski definition) is 0. The first-order valence-corrected chi connectivity index (χ1v) is 9.51. The molecule has 0 aromatic heterocycles. The van der Waals surface area contributed by atoms with Gasteiger partial charge in [0.15, 0.2) is 0 Å². The Morgan fingerprint density at radius 2 is 2.00 bits per heavy atom. The Hall–Kier alpha value is -1.94. The van der Waals surface area contributed by atoms with Crippen molar-refractivity contribution in [2.45, 2.75) is 20.1 Å². The molecule has 0 aliphatic carbocycles. The molecule has 0 spiro atoms. The van der Waals surface area contributed by atoms with E-state index in [9.17, 15) is 9.59 Å². The van der Waals surface area contributed by atoms with Crippen molar-refractivity contribution in [3.8, 4) is 5.75 Å². The van der Waals surface area contributed by atoms with Crippen LogP contribution in [0.2, 0.25) is 0 Å². The van der Waals surface area contributed by atoms with Crippen molar-refractivity contribution < 1.29 is 19.1 Å². The molecule has 26 heavy (non-hydrogen) atoms. The van der Waals surface area contributed by atoms with Crippen molar-refractivity contribution in [3.63, 3.8) is 0 Å². The molecule has 8 heteroatoms. The highest BCUT2D eigenvalue weighted by molar-refractivity contribution is 14.1. The molecule has 0 saturated heterocycles. The average molecular weight is 529 g/mol. The Labute approximate surface area is 172 Å². The van der Waals surface area contributed by atoms with Crippen molar-refractivity contribution in [2.75, 3.05) is 0 Å². The van der Waals surface area contributed by atoms with Crippen LogP contribution in [0.25, 0.3) is 0 Å². The maximum absolute atomic E-state index is 12.1. The standard InChI is InChI=1S/C18H14BrIN2O4/c1-10(23)22-18(15-9-13(19)6-7-16(15)25-11(2)24)26-17(21-22)12-4-3-5-14(20)8-12/h3-9,18H,1-2H3/t18-/m0/s1. The van der Waals surface area contributed by atoms with Crippen LogP contribution in [0.15, 0.2) is 52.0 Å². The molecule has 0 radical (unpaired) electrons. The second kappa shape index (κ2) is 7.75. The number of benzene rings is 2. The molecule has 0 bridgehead atoms. The fourth-order valence-corrected chi connectivity index (χ4v) is 3.39. The third kappa shape index (κ3) is 4.07. The van der Waals surface area contributed by atoms with E-state index >= 15 is 0 Å². The maximum atomic E-state index is 12.1. The van der Waals surface area contributed by atoms with E-state index in [1.54, 1.807) is 18.2 Å². The summed E-state index contributed by atoms with van der Waals surface area (Å²) < 4.78 is 13.0. The lowest BCUT2D eigenvalue weighted by atomic mass is 10.1. The molecule has 2 aromatic rings. The highest BCUT2D eigenvalue weighted by Gasteiger charge is 2.35. The zero-order valence-corrected chi connectivity index (χ0v) is 17.6. The highest BCUT2D eigenvalue weighted by Crippen LogP contribution is 2.37. The summed E-state index contributed by atoms with van der Waals surface area (Å²) in [7, 11) is 0. The fraction of sp³-hybridized carbons (Fsp3) is 0.167. The first kappa shape index (κ1) is 18.8. The van der Waals surface area contributed by atoms with Crippen LogP contribution in [0.5, 0.6) is 5.75 Å². The minimum absolute atomic E-state index is 0.288. The number of amides is 1. The predicted octanol–water partition coefficient (Wildman–Crippen LogP) is 4.22. The summed E-state index contributed by atoms with van der Waals surface area (Å²) in [5.74, 6) is -0.0995. The number of ether oxygens (including phenoxy) is 2. The molecule has 2 aromatic carbocycles. The summed E-state index contributed by atoms with van der Waals surface area (Å²) in [5.41, 5.74) is 1.28. The molecular weight excluding hydrogens is 515 g/mol. The lowest BCUT2D eigenvalue weighted by molar-refractivity contribution is -0.135. The van der Waals surface area contributed by atoms with Gasteiger partial charge in [-0.25, -0.2) is 0 Å². The largest absolute Gasteiger partial charge is 0.446 e. The molecular formula is C18H14BrIN2O4. The minimum atomic E-state index is -0.827. The topological polar surface area (TPSA) is 68.2 Å². The molecule has 0 unspecified atom stereocenters. The van der Waals surface area contributed by atoms with Crippen LogP contribution in [0, 0.1) is 3.57 Å². The van der Waals surface area contributed by atoms with Gasteiger partial charge in [0.1, 0.15) is 5.75 Å². The summed E-state index contributed by atoms with van der Waals surface area (Å²) >= 11 is 5.59. The van der Waals surface area contributed by atoms with Crippen molar-refractivity contribution in [3.05, 3.63) is 61.6 Å². The smallest absolute Gasteiger partial charge is 0.308 e. The molecule has 1 heterocycles. The number of esters is 1. The summed E-state index contributed by atoms with van der Waals surface area (Å²) in [6.45, 7) is 2.72. The summed E-state index contributed by atoms with van der Waals surface area (Å²) in [5, 5.41) is 5.57. The Balaban J connectivity index is 2.02. The zero-order chi connectivity index (χ0) is 18.8. The van der Waals surface area contributed by atoms with Crippen LogP contribution in [-0.2, 0) is 14.3 Å². The van der Waals surface area contributed by atoms with Gasteiger partial charge in [0.2, 0.25) is 18.0 Å². The summed E-state index contributed by atoms with van der Waals surface area (Å²) in [6, 6.07) is 12.7. The van der Waals surface area contributed by atoms with Crippen molar-refractivity contribution >= 4 is 56.3 Å². The van der Waals surface area contributed by atoms with E-state index in [0.29, 0.717) is 17.2 Å². The Bertz CT molecular complexity index is 916. The SMILES string of the molecule is CC(=O)Oc1ccc(Br)cc1[C@@H]1OC(c2cccc(I)c2)=NN1C(C)=O. The molecule has 3 rings (SSSR count). The van der Waals surface area contributed by atoms with Gasteiger partial charge in [0, 0.05) is 27.5 Å². The number of hydrazone groups is 1. The lowest BCUT2D eigenvalue weighted by Gasteiger charge is -2.21. The van der Waals surface area contributed by atoms with Crippen molar-refractivity contribution in [1.82, 2.24) is 5.01 Å². The van der Waals surface area contributed by atoms with Gasteiger partial charge in [-0.2, -0.15) is 5.01 Å². The quantitative estimate of drug-likeness (QED) is 0.340. The average Bonchev–Trinajstić information content (AvgIpc) is 3.01. The zero-order valence-electron chi connectivity index (χ0n) is 13.9. The molecule has 1 amide bonds. The van der Waals surface area contributed by atoms with Gasteiger partial charge in [0.25, 0.3) is 0 Å². The van der Waals surface area contributed by atoms with Gasteiger partial charge in [0.05, 0.1) is 5.56 Å². The Morgan fingerprint density at radius 3 is 2.65 bits per heavy atom. The minimum Gasteiger partial charge on any atom is -0.446 e. The van der Waals surface area contributed by atoms with Crippen molar-refractivity contribution in [2.24, 2.45) is 5.10 Å². The fourth-order valence-electron chi connectivity index (χ4n) is 2.47. The van der Waals surface area contributed by atoms with Gasteiger partial charge in [-0.3, -0.25) is 9.59 Å².